The first kappa shape index (κ1) is 18.6. The van der Waals surface area contributed by atoms with E-state index >= 15 is 0 Å². The van der Waals surface area contributed by atoms with Crippen LogP contribution in [0.15, 0.2) is 54.6 Å². The minimum Gasteiger partial charge on any atom is -0.490 e. The molecule has 2 aromatic carbocycles. The van der Waals surface area contributed by atoms with Gasteiger partial charge in [0, 0.05) is 11.6 Å². The van der Waals surface area contributed by atoms with Crippen LogP contribution < -0.4 is 9.47 Å². The van der Waals surface area contributed by atoms with E-state index in [0.29, 0.717) is 19.0 Å². The van der Waals surface area contributed by atoms with Crippen LogP contribution in [-0.4, -0.2) is 24.3 Å². The summed E-state index contributed by atoms with van der Waals surface area (Å²) < 4.78 is 11.4. The molecule has 2 rings (SSSR count). The van der Waals surface area contributed by atoms with Crippen LogP contribution in [0.5, 0.6) is 11.5 Å². The number of hydrogen-bond acceptors (Lipinski definition) is 3. The summed E-state index contributed by atoms with van der Waals surface area (Å²) in [5, 5.41) is 8.73. The van der Waals surface area contributed by atoms with E-state index < -0.39 is 5.97 Å². The molecule has 0 aromatic heterocycles. The van der Waals surface area contributed by atoms with Crippen molar-refractivity contribution in [2.45, 2.75) is 26.2 Å². The molecular formula is C21H24O4. The molecule has 0 atom stereocenters. The molecule has 1 N–H and O–H groups in total. The Kier molecular flexibility index (Phi) is 6.23. The quantitative estimate of drug-likeness (QED) is 0.594. The predicted octanol–water partition coefficient (Wildman–Crippen LogP) is 4.54. The molecule has 0 saturated carbocycles. The van der Waals surface area contributed by atoms with Gasteiger partial charge in [0.2, 0.25) is 0 Å². The highest BCUT2D eigenvalue weighted by Gasteiger charge is 2.12. The maximum atomic E-state index is 10.6. The number of carbonyl (C=O) groups is 1. The van der Waals surface area contributed by atoms with Gasteiger partial charge in [-0.3, -0.25) is 0 Å². The molecule has 0 bridgehead atoms. The van der Waals surface area contributed by atoms with Crippen molar-refractivity contribution in [1.82, 2.24) is 0 Å². The first-order valence-corrected chi connectivity index (χ1v) is 8.22. The van der Waals surface area contributed by atoms with E-state index in [2.05, 4.69) is 32.9 Å². The summed E-state index contributed by atoms with van der Waals surface area (Å²) in [4.78, 5) is 10.6. The van der Waals surface area contributed by atoms with Crippen LogP contribution in [0.1, 0.15) is 31.9 Å². The maximum Gasteiger partial charge on any atom is 0.328 e. The first-order valence-electron chi connectivity index (χ1n) is 8.22. The number of ether oxygens (including phenoxy) is 2. The molecule has 0 spiro atoms. The highest BCUT2D eigenvalue weighted by atomic mass is 16.5. The Bertz CT molecular complexity index is 724. The molecule has 4 nitrogen and oxygen atoms in total. The highest BCUT2D eigenvalue weighted by Crippen LogP contribution is 2.24. The van der Waals surface area contributed by atoms with Gasteiger partial charge in [-0.25, -0.2) is 4.79 Å². The third-order valence-electron chi connectivity index (χ3n) is 3.65. The van der Waals surface area contributed by atoms with E-state index in [-0.39, 0.29) is 5.41 Å². The summed E-state index contributed by atoms with van der Waals surface area (Å²) in [5.74, 6) is 0.444. The van der Waals surface area contributed by atoms with Crippen molar-refractivity contribution in [3.63, 3.8) is 0 Å². The molecule has 0 amide bonds. The molecule has 132 valence electrons. The van der Waals surface area contributed by atoms with E-state index in [0.717, 1.165) is 17.4 Å². The molecule has 25 heavy (non-hydrogen) atoms. The number of carboxylic acid groups (broad SMARTS) is 1. The van der Waals surface area contributed by atoms with Gasteiger partial charge in [-0.2, -0.15) is 0 Å². The Labute approximate surface area is 148 Å². The van der Waals surface area contributed by atoms with Crippen LogP contribution in [0.4, 0.5) is 0 Å². The molecule has 0 fully saturated rings. The van der Waals surface area contributed by atoms with Gasteiger partial charge < -0.3 is 14.6 Å². The molecule has 2 aromatic rings. The van der Waals surface area contributed by atoms with Crippen molar-refractivity contribution in [2.24, 2.45) is 0 Å². The van der Waals surface area contributed by atoms with Crippen molar-refractivity contribution in [1.29, 1.82) is 0 Å². The minimum absolute atomic E-state index is 0.120. The van der Waals surface area contributed by atoms with Gasteiger partial charge in [-0.15, -0.1) is 0 Å². The van der Waals surface area contributed by atoms with E-state index in [1.165, 1.54) is 11.6 Å². The summed E-state index contributed by atoms with van der Waals surface area (Å²) in [7, 11) is 0. The molecule has 4 heteroatoms. The van der Waals surface area contributed by atoms with Crippen LogP contribution in [0.2, 0.25) is 0 Å². The van der Waals surface area contributed by atoms with Crippen molar-refractivity contribution < 1.29 is 19.4 Å². The standard InChI is InChI=1S/C21H24O4/c1-21(2,3)17-9-11-18(12-10-17)24-14-15-25-19-7-5-4-6-16(19)8-13-20(22)23/h4-13H,14-15H2,1-3H3,(H,22,23). The number of aliphatic carboxylic acids is 1. The van der Waals surface area contributed by atoms with Gasteiger partial charge in [0.15, 0.2) is 0 Å². The van der Waals surface area contributed by atoms with Gasteiger partial charge in [-0.05, 0) is 35.3 Å². The fraction of sp³-hybridized carbons (Fsp3) is 0.286. The normalized spacial score (nSPS) is 11.5. The third kappa shape index (κ3) is 5.99. The Morgan fingerprint density at radius 1 is 1.00 bits per heavy atom. The lowest BCUT2D eigenvalue weighted by Gasteiger charge is -2.19. The van der Waals surface area contributed by atoms with Gasteiger partial charge in [-0.1, -0.05) is 51.1 Å². The molecule has 0 aliphatic rings. The maximum absolute atomic E-state index is 10.6. The van der Waals surface area contributed by atoms with Crippen LogP contribution in [0.3, 0.4) is 0 Å². The number of carboxylic acids is 1. The lowest BCUT2D eigenvalue weighted by molar-refractivity contribution is -0.131. The monoisotopic (exact) mass is 340 g/mol. The van der Waals surface area contributed by atoms with Gasteiger partial charge in [0.25, 0.3) is 0 Å². The number of para-hydroxylation sites is 1. The smallest absolute Gasteiger partial charge is 0.328 e. The zero-order valence-corrected chi connectivity index (χ0v) is 14.9. The molecule has 0 aliphatic carbocycles. The Hall–Kier alpha value is -2.75. The fourth-order valence-electron chi connectivity index (χ4n) is 2.27. The number of hydrogen-bond donors (Lipinski definition) is 1. The lowest BCUT2D eigenvalue weighted by atomic mass is 9.87. The van der Waals surface area contributed by atoms with E-state index in [9.17, 15) is 4.79 Å². The van der Waals surface area contributed by atoms with Crippen LogP contribution >= 0.6 is 0 Å². The molecule has 0 saturated heterocycles. The second-order valence-electron chi connectivity index (χ2n) is 6.68. The van der Waals surface area contributed by atoms with Gasteiger partial charge in [0.05, 0.1) is 0 Å². The summed E-state index contributed by atoms with van der Waals surface area (Å²) in [6.07, 6.45) is 2.61. The lowest BCUT2D eigenvalue weighted by Crippen LogP contribution is -2.11. The van der Waals surface area contributed by atoms with Crippen molar-refractivity contribution in [3.05, 3.63) is 65.7 Å². The summed E-state index contributed by atoms with van der Waals surface area (Å²) in [6.45, 7) is 7.30. The second-order valence-corrected chi connectivity index (χ2v) is 6.68. The van der Waals surface area contributed by atoms with E-state index in [4.69, 9.17) is 14.6 Å². The number of rotatable bonds is 7. The second kappa shape index (κ2) is 8.38. The Morgan fingerprint density at radius 2 is 1.64 bits per heavy atom. The zero-order valence-electron chi connectivity index (χ0n) is 14.9. The molecule has 0 radical (unpaired) electrons. The average molecular weight is 340 g/mol. The zero-order chi connectivity index (χ0) is 18.3. The Balaban J connectivity index is 1.86. The third-order valence-corrected chi connectivity index (χ3v) is 3.65. The average Bonchev–Trinajstić information content (AvgIpc) is 2.57. The minimum atomic E-state index is -0.989. The highest BCUT2D eigenvalue weighted by molar-refractivity contribution is 5.85. The number of benzene rings is 2. The first-order chi connectivity index (χ1) is 11.9. The van der Waals surface area contributed by atoms with Crippen LogP contribution in [-0.2, 0) is 10.2 Å². The summed E-state index contributed by atoms with van der Waals surface area (Å²) in [6, 6.07) is 15.4. The largest absolute Gasteiger partial charge is 0.490 e. The van der Waals surface area contributed by atoms with E-state index in [1.54, 1.807) is 12.1 Å². The van der Waals surface area contributed by atoms with Crippen molar-refractivity contribution in [2.75, 3.05) is 13.2 Å². The Morgan fingerprint density at radius 3 is 2.28 bits per heavy atom. The summed E-state index contributed by atoms with van der Waals surface area (Å²) >= 11 is 0. The summed E-state index contributed by atoms with van der Waals surface area (Å²) in [5.41, 5.74) is 2.10. The van der Waals surface area contributed by atoms with Crippen LogP contribution in [0.25, 0.3) is 6.08 Å². The molecular weight excluding hydrogens is 316 g/mol. The van der Waals surface area contributed by atoms with Gasteiger partial charge >= 0.3 is 5.97 Å². The molecule has 0 unspecified atom stereocenters. The van der Waals surface area contributed by atoms with Crippen molar-refractivity contribution >= 4 is 12.0 Å². The van der Waals surface area contributed by atoms with Crippen molar-refractivity contribution in [3.8, 4) is 11.5 Å². The SMILES string of the molecule is CC(C)(C)c1ccc(OCCOc2ccccc2C=CC(=O)O)cc1. The predicted molar refractivity (Wildman–Crippen MR) is 99.2 cm³/mol. The molecule has 0 aliphatic heterocycles. The fourth-order valence-corrected chi connectivity index (χ4v) is 2.27. The topological polar surface area (TPSA) is 55.8 Å². The van der Waals surface area contributed by atoms with Gasteiger partial charge in [0.1, 0.15) is 24.7 Å². The van der Waals surface area contributed by atoms with Crippen LogP contribution in [0, 0.1) is 0 Å². The van der Waals surface area contributed by atoms with E-state index in [1.807, 2.05) is 24.3 Å². The molecule has 0 heterocycles.